The highest BCUT2D eigenvalue weighted by Crippen LogP contribution is 2.17. The van der Waals surface area contributed by atoms with Crippen LogP contribution in [-0.2, 0) is 6.42 Å². The molecule has 3 aromatic rings. The third kappa shape index (κ3) is 2.98. The Kier molecular flexibility index (Phi) is 4.15. The molecule has 0 aliphatic rings. The third-order valence-corrected chi connectivity index (χ3v) is 3.79. The fourth-order valence-corrected chi connectivity index (χ4v) is 2.57. The molecule has 110 valence electrons. The van der Waals surface area contributed by atoms with E-state index in [2.05, 4.69) is 28.6 Å². The van der Waals surface area contributed by atoms with Crippen LogP contribution in [0.3, 0.4) is 0 Å². The average Bonchev–Trinajstić information content (AvgIpc) is 3.02. The van der Waals surface area contributed by atoms with E-state index in [4.69, 9.17) is 0 Å². The minimum Gasteiger partial charge on any atom is -0.303 e. The molecular formula is C19H18N2O. The van der Waals surface area contributed by atoms with E-state index >= 15 is 0 Å². The standard InChI is InChI=1S/C19H18N2O/c1-15-7-5-6-10-18(15)21-14-20-13-17(21)11-12-19(22)16-8-3-2-4-9-16/h2-10,13-14H,11-12H2,1H3. The van der Waals surface area contributed by atoms with Crippen LogP contribution in [0.2, 0.25) is 0 Å². The first-order chi connectivity index (χ1) is 10.8. The summed E-state index contributed by atoms with van der Waals surface area (Å²) in [6, 6.07) is 17.6. The Balaban J connectivity index is 1.77. The maximum atomic E-state index is 12.2. The van der Waals surface area contributed by atoms with Crippen LogP contribution in [-0.4, -0.2) is 15.3 Å². The van der Waals surface area contributed by atoms with E-state index < -0.39 is 0 Å². The third-order valence-electron chi connectivity index (χ3n) is 3.79. The number of hydrogen-bond donors (Lipinski definition) is 0. The van der Waals surface area contributed by atoms with Gasteiger partial charge in [-0.15, -0.1) is 0 Å². The smallest absolute Gasteiger partial charge is 0.163 e. The van der Waals surface area contributed by atoms with Crippen LogP contribution < -0.4 is 0 Å². The zero-order chi connectivity index (χ0) is 15.4. The summed E-state index contributed by atoms with van der Waals surface area (Å²) in [6.07, 6.45) is 4.82. The molecule has 3 rings (SSSR count). The van der Waals surface area contributed by atoms with Gasteiger partial charge in [0.15, 0.2) is 5.78 Å². The number of Topliss-reactive ketones (excluding diaryl/α,β-unsaturated/α-hetero) is 1. The average molecular weight is 290 g/mol. The van der Waals surface area contributed by atoms with Crippen molar-refractivity contribution in [2.75, 3.05) is 0 Å². The van der Waals surface area contributed by atoms with Gasteiger partial charge in [0.1, 0.15) is 0 Å². The van der Waals surface area contributed by atoms with E-state index in [9.17, 15) is 4.79 Å². The van der Waals surface area contributed by atoms with Crippen molar-refractivity contribution in [3.63, 3.8) is 0 Å². The number of benzene rings is 2. The molecule has 1 aromatic heterocycles. The Labute approximate surface area is 130 Å². The number of carbonyl (C=O) groups excluding carboxylic acids is 1. The number of nitrogens with zero attached hydrogens (tertiary/aromatic N) is 2. The van der Waals surface area contributed by atoms with Crippen LogP contribution in [0.4, 0.5) is 0 Å². The Bertz CT molecular complexity index is 775. The fraction of sp³-hybridized carbons (Fsp3) is 0.158. The van der Waals surface area contributed by atoms with Crippen molar-refractivity contribution in [3.05, 3.63) is 83.9 Å². The molecule has 0 saturated carbocycles. The molecule has 0 saturated heterocycles. The summed E-state index contributed by atoms with van der Waals surface area (Å²) in [5, 5.41) is 0. The number of para-hydroxylation sites is 1. The van der Waals surface area contributed by atoms with Crippen molar-refractivity contribution < 1.29 is 4.79 Å². The Morgan fingerprint density at radius 1 is 1.05 bits per heavy atom. The van der Waals surface area contributed by atoms with Gasteiger partial charge in [0.05, 0.1) is 6.33 Å². The van der Waals surface area contributed by atoms with Gasteiger partial charge in [-0.25, -0.2) is 4.98 Å². The monoisotopic (exact) mass is 290 g/mol. The van der Waals surface area contributed by atoms with Gasteiger partial charge < -0.3 is 4.57 Å². The molecular weight excluding hydrogens is 272 g/mol. The van der Waals surface area contributed by atoms with Gasteiger partial charge in [-0.3, -0.25) is 4.79 Å². The summed E-state index contributed by atoms with van der Waals surface area (Å²) < 4.78 is 2.06. The van der Waals surface area contributed by atoms with Gasteiger partial charge in [0, 0.05) is 29.6 Å². The Morgan fingerprint density at radius 3 is 2.55 bits per heavy atom. The van der Waals surface area contributed by atoms with Gasteiger partial charge in [-0.05, 0) is 25.0 Å². The molecule has 3 heteroatoms. The lowest BCUT2D eigenvalue weighted by Crippen LogP contribution is -2.05. The first-order valence-electron chi connectivity index (χ1n) is 7.41. The van der Waals surface area contributed by atoms with E-state index in [1.165, 1.54) is 5.56 Å². The van der Waals surface area contributed by atoms with Crippen molar-refractivity contribution in [3.8, 4) is 5.69 Å². The maximum absolute atomic E-state index is 12.2. The lowest BCUT2D eigenvalue weighted by atomic mass is 10.1. The summed E-state index contributed by atoms with van der Waals surface area (Å²) in [4.78, 5) is 16.5. The lowest BCUT2D eigenvalue weighted by molar-refractivity contribution is 0.0982. The Morgan fingerprint density at radius 2 is 1.77 bits per heavy atom. The molecule has 0 aliphatic carbocycles. The second-order valence-corrected chi connectivity index (χ2v) is 5.33. The topological polar surface area (TPSA) is 34.9 Å². The number of aryl methyl sites for hydroxylation is 2. The second-order valence-electron chi connectivity index (χ2n) is 5.33. The zero-order valence-corrected chi connectivity index (χ0v) is 12.6. The predicted octanol–water partition coefficient (Wildman–Crippen LogP) is 4.00. The van der Waals surface area contributed by atoms with Crippen LogP contribution in [0.5, 0.6) is 0 Å². The zero-order valence-electron chi connectivity index (χ0n) is 12.6. The molecule has 22 heavy (non-hydrogen) atoms. The van der Waals surface area contributed by atoms with Crippen LogP contribution in [0.25, 0.3) is 5.69 Å². The normalized spacial score (nSPS) is 10.6. The highest BCUT2D eigenvalue weighted by Gasteiger charge is 2.10. The minimum atomic E-state index is 0.165. The molecule has 0 spiro atoms. The van der Waals surface area contributed by atoms with Crippen molar-refractivity contribution >= 4 is 5.78 Å². The molecule has 0 atom stereocenters. The molecule has 0 bridgehead atoms. The molecule has 0 fully saturated rings. The van der Waals surface area contributed by atoms with Gasteiger partial charge in [0.25, 0.3) is 0 Å². The number of hydrogen-bond acceptors (Lipinski definition) is 2. The summed E-state index contributed by atoms with van der Waals surface area (Å²) in [6.45, 7) is 2.08. The molecule has 0 amide bonds. The van der Waals surface area contributed by atoms with Crippen LogP contribution >= 0.6 is 0 Å². The van der Waals surface area contributed by atoms with E-state index in [-0.39, 0.29) is 5.78 Å². The molecule has 0 aliphatic heterocycles. The van der Waals surface area contributed by atoms with E-state index in [1.54, 1.807) is 0 Å². The van der Waals surface area contributed by atoms with Gasteiger partial charge >= 0.3 is 0 Å². The van der Waals surface area contributed by atoms with E-state index in [0.717, 1.165) is 16.9 Å². The van der Waals surface area contributed by atoms with Crippen molar-refractivity contribution in [2.24, 2.45) is 0 Å². The van der Waals surface area contributed by atoms with Gasteiger partial charge in [-0.1, -0.05) is 48.5 Å². The molecule has 0 N–H and O–H groups in total. The minimum absolute atomic E-state index is 0.165. The largest absolute Gasteiger partial charge is 0.303 e. The SMILES string of the molecule is Cc1ccccc1-n1cncc1CCC(=O)c1ccccc1. The Hall–Kier alpha value is -2.68. The van der Waals surface area contributed by atoms with Crippen molar-refractivity contribution in [1.29, 1.82) is 0 Å². The number of aromatic nitrogens is 2. The summed E-state index contributed by atoms with van der Waals surface area (Å²) in [5.74, 6) is 0.165. The number of carbonyl (C=O) groups is 1. The number of ketones is 1. The highest BCUT2D eigenvalue weighted by atomic mass is 16.1. The highest BCUT2D eigenvalue weighted by molar-refractivity contribution is 5.96. The van der Waals surface area contributed by atoms with Crippen LogP contribution in [0.1, 0.15) is 28.0 Å². The molecule has 2 aromatic carbocycles. The van der Waals surface area contributed by atoms with Gasteiger partial charge in [-0.2, -0.15) is 0 Å². The van der Waals surface area contributed by atoms with Gasteiger partial charge in [0.2, 0.25) is 0 Å². The molecule has 1 heterocycles. The molecule has 0 radical (unpaired) electrons. The number of imidazole rings is 1. The summed E-state index contributed by atoms with van der Waals surface area (Å²) in [7, 11) is 0. The van der Waals surface area contributed by atoms with Crippen LogP contribution in [0.15, 0.2) is 67.1 Å². The lowest BCUT2D eigenvalue weighted by Gasteiger charge is -2.10. The van der Waals surface area contributed by atoms with Crippen molar-refractivity contribution in [1.82, 2.24) is 9.55 Å². The first kappa shape index (κ1) is 14.3. The summed E-state index contributed by atoms with van der Waals surface area (Å²) >= 11 is 0. The molecule has 3 nitrogen and oxygen atoms in total. The maximum Gasteiger partial charge on any atom is 0.163 e. The quantitative estimate of drug-likeness (QED) is 0.666. The van der Waals surface area contributed by atoms with Crippen LogP contribution in [0, 0.1) is 6.92 Å². The predicted molar refractivity (Wildman–Crippen MR) is 87.4 cm³/mol. The second kappa shape index (κ2) is 6.39. The molecule has 0 unspecified atom stereocenters. The van der Waals surface area contributed by atoms with Crippen molar-refractivity contribution in [2.45, 2.75) is 19.8 Å². The van der Waals surface area contributed by atoms with E-state index in [0.29, 0.717) is 12.8 Å². The summed E-state index contributed by atoms with van der Waals surface area (Å²) in [5.41, 5.74) is 4.13. The van der Waals surface area contributed by atoms with E-state index in [1.807, 2.05) is 55.0 Å². The number of rotatable bonds is 5. The fourth-order valence-electron chi connectivity index (χ4n) is 2.57. The first-order valence-corrected chi connectivity index (χ1v) is 7.41.